The van der Waals surface area contributed by atoms with Crippen molar-refractivity contribution in [2.45, 2.75) is 31.4 Å². The summed E-state index contributed by atoms with van der Waals surface area (Å²) < 4.78 is 78.1. The molecule has 5 rings (SSSR count). The van der Waals surface area contributed by atoms with Gasteiger partial charge in [0.1, 0.15) is 30.6 Å². The van der Waals surface area contributed by atoms with E-state index in [-0.39, 0.29) is 30.5 Å². The number of aliphatic hydroxyl groups is 1. The summed E-state index contributed by atoms with van der Waals surface area (Å²) in [5, 5.41) is 10.1. The number of halogens is 5. The minimum atomic E-state index is -3.45. The average Bonchev–Trinajstić information content (AvgIpc) is 3.20. The SMILES string of the molecule is C[C@@H]1Cc2c([nH]c3ccccc23)C(c2c(F)cc(OCCN3CC(CF)C3)cc2F)N1CC(F)(F)CO. The molecule has 2 aromatic carbocycles. The fourth-order valence-electron chi connectivity index (χ4n) is 5.54. The molecule has 3 aromatic rings. The van der Waals surface area contributed by atoms with Gasteiger partial charge in [-0.25, -0.2) is 17.6 Å². The van der Waals surface area contributed by atoms with Gasteiger partial charge in [-0.1, -0.05) is 18.2 Å². The largest absolute Gasteiger partial charge is 0.492 e. The lowest BCUT2D eigenvalue weighted by Gasteiger charge is -2.42. The number of benzene rings is 2. The highest BCUT2D eigenvalue weighted by molar-refractivity contribution is 5.85. The number of fused-ring (bicyclic) bond motifs is 3. The normalized spacial score (nSPS) is 21.3. The van der Waals surface area contributed by atoms with Crippen LogP contribution in [-0.4, -0.2) is 77.9 Å². The van der Waals surface area contributed by atoms with Gasteiger partial charge in [-0.15, -0.1) is 0 Å². The van der Waals surface area contributed by atoms with E-state index in [2.05, 4.69) is 4.98 Å². The van der Waals surface area contributed by atoms with Gasteiger partial charge in [0, 0.05) is 65.9 Å². The van der Waals surface area contributed by atoms with E-state index in [4.69, 9.17) is 4.74 Å². The van der Waals surface area contributed by atoms with Gasteiger partial charge in [-0.3, -0.25) is 14.2 Å². The summed E-state index contributed by atoms with van der Waals surface area (Å²) in [6.45, 7) is 1.07. The topological polar surface area (TPSA) is 51.7 Å². The predicted molar refractivity (Wildman–Crippen MR) is 130 cm³/mol. The number of alkyl halides is 3. The van der Waals surface area contributed by atoms with Crippen LogP contribution in [-0.2, 0) is 6.42 Å². The Labute approximate surface area is 211 Å². The molecule has 1 saturated heterocycles. The van der Waals surface area contributed by atoms with Crippen molar-refractivity contribution in [2.24, 2.45) is 5.92 Å². The minimum Gasteiger partial charge on any atom is -0.492 e. The second-order valence-corrected chi connectivity index (χ2v) is 10.1. The molecular formula is C27H30F5N3O2. The number of aromatic amines is 1. The lowest BCUT2D eigenvalue weighted by molar-refractivity contribution is -0.0869. The second kappa shape index (κ2) is 10.2. The molecule has 1 fully saturated rings. The number of aliphatic hydroxyl groups excluding tert-OH is 1. The molecule has 37 heavy (non-hydrogen) atoms. The molecule has 3 heterocycles. The van der Waals surface area contributed by atoms with Crippen LogP contribution in [0.25, 0.3) is 10.9 Å². The molecule has 0 amide bonds. The van der Waals surface area contributed by atoms with Gasteiger partial charge in [-0.2, -0.15) is 0 Å². The van der Waals surface area contributed by atoms with Gasteiger partial charge in [0.15, 0.2) is 0 Å². The van der Waals surface area contributed by atoms with Gasteiger partial charge >= 0.3 is 0 Å². The average molecular weight is 524 g/mol. The maximum Gasteiger partial charge on any atom is 0.283 e. The fraction of sp³-hybridized carbons (Fsp3) is 0.481. The van der Waals surface area contributed by atoms with Gasteiger partial charge in [0.05, 0.1) is 19.3 Å². The number of aromatic nitrogens is 1. The van der Waals surface area contributed by atoms with Crippen molar-refractivity contribution in [1.29, 1.82) is 0 Å². The molecule has 2 atom stereocenters. The third kappa shape index (κ3) is 5.06. The van der Waals surface area contributed by atoms with E-state index < -0.39 is 42.8 Å². The number of likely N-dealkylation sites (tertiary alicyclic amines) is 1. The van der Waals surface area contributed by atoms with Crippen molar-refractivity contribution in [2.75, 3.05) is 46.1 Å². The Morgan fingerprint density at radius 2 is 1.84 bits per heavy atom. The molecular weight excluding hydrogens is 493 g/mol. The first kappa shape index (κ1) is 25.9. The van der Waals surface area contributed by atoms with Gasteiger partial charge in [0.2, 0.25) is 0 Å². The zero-order valence-electron chi connectivity index (χ0n) is 20.5. The van der Waals surface area contributed by atoms with Crippen LogP contribution in [0.5, 0.6) is 5.75 Å². The molecule has 2 aliphatic heterocycles. The maximum atomic E-state index is 15.6. The van der Waals surface area contributed by atoms with E-state index in [1.165, 1.54) is 4.90 Å². The van der Waals surface area contributed by atoms with Crippen molar-refractivity contribution >= 4 is 10.9 Å². The molecule has 2 N–H and O–H groups in total. The van der Waals surface area contributed by atoms with E-state index in [1.54, 1.807) is 6.92 Å². The molecule has 1 aromatic heterocycles. The minimum absolute atomic E-state index is 0.00530. The Hall–Kier alpha value is -2.69. The molecule has 0 aliphatic carbocycles. The summed E-state index contributed by atoms with van der Waals surface area (Å²) in [4.78, 5) is 6.55. The highest BCUT2D eigenvalue weighted by Crippen LogP contribution is 2.43. The van der Waals surface area contributed by atoms with Crippen molar-refractivity contribution < 1.29 is 31.8 Å². The van der Waals surface area contributed by atoms with E-state index >= 15 is 8.78 Å². The summed E-state index contributed by atoms with van der Waals surface area (Å²) in [5.74, 6) is -5.24. The number of ether oxygens (including phenoxy) is 1. The third-order valence-corrected chi connectivity index (χ3v) is 7.42. The highest BCUT2D eigenvalue weighted by atomic mass is 19.3. The summed E-state index contributed by atoms with van der Waals surface area (Å²) >= 11 is 0. The zero-order chi connectivity index (χ0) is 26.3. The summed E-state index contributed by atoms with van der Waals surface area (Å²) in [6.07, 6.45) is 0.404. The van der Waals surface area contributed by atoms with E-state index in [9.17, 15) is 18.3 Å². The first-order chi connectivity index (χ1) is 17.7. The summed E-state index contributed by atoms with van der Waals surface area (Å²) in [5.41, 5.74) is 1.69. The molecule has 10 heteroatoms. The van der Waals surface area contributed by atoms with E-state index in [0.717, 1.165) is 28.6 Å². The molecule has 0 radical (unpaired) electrons. The lowest BCUT2D eigenvalue weighted by Crippen LogP contribution is -2.49. The fourth-order valence-corrected chi connectivity index (χ4v) is 5.54. The van der Waals surface area contributed by atoms with Gasteiger partial charge in [-0.05, 0) is 25.0 Å². The smallest absolute Gasteiger partial charge is 0.283 e. The summed E-state index contributed by atoms with van der Waals surface area (Å²) in [6, 6.07) is 7.92. The van der Waals surface area contributed by atoms with Crippen LogP contribution >= 0.6 is 0 Å². The van der Waals surface area contributed by atoms with Crippen molar-refractivity contribution in [3.8, 4) is 5.75 Å². The molecule has 0 bridgehead atoms. The number of para-hydroxylation sites is 1. The van der Waals surface area contributed by atoms with Crippen LogP contribution in [0, 0.1) is 17.6 Å². The van der Waals surface area contributed by atoms with Gasteiger partial charge < -0.3 is 14.8 Å². The van der Waals surface area contributed by atoms with Crippen molar-refractivity contribution in [3.05, 3.63) is 64.9 Å². The number of H-pyrrole nitrogens is 1. The Morgan fingerprint density at radius 1 is 1.14 bits per heavy atom. The van der Waals surface area contributed by atoms with Crippen LogP contribution in [0.2, 0.25) is 0 Å². The second-order valence-electron chi connectivity index (χ2n) is 10.1. The quantitative estimate of drug-likeness (QED) is 0.400. The van der Waals surface area contributed by atoms with Crippen LogP contribution in [0.4, 0.5) is 22.0 Å². The van der Waals surface area contributed by atoms with E-state index in [1.807, 2.05) is 29.2 Å². The van der Waals surface area contributed by atoms with Crippen LogP contribution in [0.15, 0.2) is 36.4 Å². The lowest BCUT2D eigenvalue weighted by atomic mass is 9.87. The first-order valence-corrected chi connectivity index (χ1v) is 12.4. The Balaban J connectivity index is 1.47. The van der Waals surface area contributed by atoms with Crippen LogP contribution < -0.4 is 4.74 Å². The highest BCUT2D eigenvalue weighted by Gasteiger charge is 2.43. The number of nitrogens with zero attached hydrogens (tertiary/aromatic N) is 2. The number of hydrogen-bond donors (Lipinski definition) is 2. The van der Waals surface area contributed by atoms with Crippen molar-refractivity contribution in [1.82, 2.24) is 14.8 Å². The molecule has 5 nitrogen and oxygen atoms in total. The number of nitrogens with one attached hydrogen (secondary N) is 1. The Kier molecular flexibility index (Phi) is 7.17. The standard InChI is InChI=1S/C27H30F5N3O2/c1-16-8-20-19-4-2-3-5-23(19)33-25(20)26(35(16)14-27(31,32)15-36)24-21(29)9-18(10-22(24)30)37-7-6-34-12-17(11-28)13-34/h2-5,9-10,16-17,26,33,36H,6-8,11-15H2,1H3/t16-,26?/m1/s1. The summed E-state index contributed by atoms with van der Waals surface area (Å²) in [7, 11) is 0. The number of hydrogen-bond acceptors (Lipinski definition) is 4. The first-order valence-electron chi connectivity index (χ1n) is 12.4. The molecule has 0 saturated carbocycles. The Morgan fingerprint density at radius 3 is 2.51 bits per heavy atom. The maximum absolute atomic E-state index is 15.6. The monoisotopic (exact) mass is 523 g/mol. The molecule has 0 spiro atoms. The van der Waals surface area contributed by atoms with Crippen molar-refractivity contribution in [3.63, 3.8) is 0 Å². The Bertz CT molecular complexity index is 1240. The molecule has 1 unspecified atom stereocenters. The van der Waals surface area contributed by atoms with Crippen LogP contribution in [0.3, 0.4) is 0 Å². The number of rotatable bonds is 9. The third-order valence-electron chi connectivity index (χ3n) is 7.42. The predicted octanol–water partition coefficient (Wildman–Crippen LogP) is 4.69. The molecule has 2 aliphatic rings. The van der Waals surface area contributed by atoms with Gasteiger partial charge in [0.25, 0.3) is 5.92 Å². The van der Waals surface area contributed by atoms with Crippen LogP contribution in [0.1, 0.15) is 29.8 Å². The molecule has 200 valence electrons. The van der Waals surface area contributed by atoms with E-state index in [0.29, 0.717) is 31.7 Å². The zero-order valence-corrected chi connectivity index (χ0v) is 20.5.